The Balaban J connectivity index is 1.74. The zero-order valence-corrected chi connectivity index (χ0v) is 13.3. The molecule has 2 saturated heterocycles. The second kappa shape index (κ2) is 5.45. The van der Waals surface area contributed by atoms with Crippen LogP contribution in [0.5, 0.6) is 0 Å². The van der Waals surface area contributed by atoms with Crippen molar-refractivity contribution in [3.05, 3.63) is 11.3 Å². The van der Waals surface area contributed by atoms with E-state index < -0.39 is 0 Å². The second-order valence-corrected chi connectivity index (χ2v) is 7.02. The molecule has 2 fully saturated rings. The molecule has 1 aromatic rings. The number of carbonyl (C=O) groups is 1. The summed E-state index contributed by atoms with van der Waals surface area (Å²) in [6.07, 6.45) is 6.35. The van der Waals surface area contributed by atoms with Crippen molar-refractivity contribution >= 4 is 22.3 Å². The average molecular weight is 293 g/mol. The number of hydrogen-bond acceptors (Lipinski definition) is 5. The summed E-state index contributed by atoms with van der Waals surface area (Å²) in [4.78, 5) is 14.3. The Kier molecular flexibility index (Phi) is 3.82. The zero-order valence-electron chi connectivity index (χ0n) is 12.5. The Labute approximate surface area is 124 Å². The number of carbonyl (C=O) groups excluding carboxylic acids is 1. The van der Waals surface area contributed by atoms with Crippen molar-refractivity contribution in [1.29, 1.82) is 0 Å². The van der Waals surface area contributed by atoms with Crippen molar-refractivity contribution in [3.8, 4) is 0 Å². The first kappa shape index (κ1) is 14.0. The van der Waals surface area contributed by atoms with Gasteiger partial charge in [0.25, 0.3) is 0 Å². The summed E-state index contributed by atoms with van der Waals surface area (Å²) in [7, 11) is 2.27. The first-order valence-electron chi connectivity index (χ1n) is 7.52. The summed E-state index contributed by atoms with van der Waals surface area (Å²) in [5.74, 6) is 0.117. The summed E-state index contributed by atoms with van der Waals surface area (Å²) >= 11 is 1.43. The summed E-state index contributed by atoms with van der Waals surface area (Å²) in [5.41, 5.74) is 1.65. The Hall–Kier alpha value is -0.940. The molecule has 0 spiro atoms. The summed E-state index contributed by atoms with van der Waals surface area (Å²) in [5, 5.41) is 4.58. The van der Waals surface area contributed by atoms with Gasteiger partial charge in [0.15, 0.2) is 5.78 Å². The second-order valence-electron chi connectivity index (χ2n) is 6.24. The Morgan fingerprint density at radius 1 is 1.35 bits per heavy atom. The fourth-order valence-corrected chi connectivity index (χ4v) is 4.72. The van der Waals surface area contributed by atoms with E-state index in [2.05, 4.69) is 21.6 Å². The van der Waals surface area contributed by atoms with Gasteiger partial charge in [-0.2, -0.15) is 4.37 Å². The van der Waals surface area contributed by atoms with Crippen molar-refractivity contribution in [2.45, 2.75) is 64.1 Å². The molecule has 3 rings (SSSR count). The average Bonchev–Trinajstić information content (AvgIpc) is 2.72. The Morgan fingerprint density at radius 2 is 2.00 bits per heavy atom. The number of nitrogens with zero attached hydrogens (tertiary/aromatic N) is 2. The molecule has 2 aliphatic rings. The quantitative estimate of drug-likeness (QED) is 0.870. The molecule has 5 heteroatoms. The van der Waals surface area contributed by atoms with Crippen molar-refractivity contribution in [2.75, 3.05) is 12.4 Å². The molecule has 2 atom stereocenters. The van der Waals surface area contributed by atoms with Gasteiger partial charge in [-0.05, 0) is 58.1 Å². The van der Waals surface area contributed by atoms with Gasteiger partial charge in [0, 0.05) is 18.1 Å². The molecule has 0 amide bonds. The highest BCUT2D eigenvalue weighted by Gasteiger charge is 2.36. The SMILES string of the molecule is CC(=O)c1c(C)nsc1NC1CC2CCCC(C1)N2C. The van der Waals surface area contributed by atoms with E-state index in [-0.39, 0.29) is 5.78 Å². The van der Waals surface area contributed by atoms with Crippen LogP contribution in [0.1, 0.15) is 55.1 Å². The lowest BCUT2D eigenvalue weighted by Gasteiger charge is -2.47. The zero-order chi connectivity index (χ0) is 14.3. The number of nitrogens with one attached hydrogen (secondary N) is 1. The predicted molar refractivity (Wildman–Crippen MR) is 82.7 cm³/mol. The minimum atomic E-state index is 0.117. The lowest BCUT2D eigenvalue weighted by molar-refractivity contribution is 0.0609. The van der Waals surface area contributed by atoms with E-state index in [1.54, 1.807) is 6.92 Å². The molecule has 2 unspecified atom stereocenters. The van der Waals surface area contributed by atoms with E-state index >= 15 is 0 Å². The normalized spacial score (nSPS) is 30.2. The highest BCUT2D eigenvalue weighted by atomic mass is 32.1. The molecule has 4 nitrogen and oxygen atoms in total. The molecule has 20 heavy (non-hydrogen) atoms. The van der Waals surface area contributed by atoms with Gasteiger partial charge < -0.3 is 10.2 Å². The van der Waals surface area contributed by atoms with Crippen molar-refractivity contribution in [3.63, 3.8) is 0 Å². The minimum absolute atomic E-state index is 0.117. The number of aryl methyl sites for hydroxylation is 1. The summed E-state index contributed by atoms with van der Waals surface area (Å²) < 4.78 is 4.34. The van der Waals surface area contributed by atoms with Crippen LogP contribution in [0, 0.1) is 6.92 Å². The molecule has 0 radical (unpaired) electrons. The number of ketones is 1. The third kappa shape index (κ3) is 2.49. The van der Waals surface area contributed by atoms with Crippen LogP contribution in [-0.2, 0) is 0 Å². The number of anilines is 1. The van der Waals surface area contributed by atoms with Crippen LogP contribution in [0.2, 0.25) is 0 Å². The van der Waals surface area contributed by atoms with Gasteiger partial charge in [0.2, 0.25) is 0 Å². The minimum Gasteiger partial charge on any atom is -0.372 e. The lowest BCUT2D eigenvalue weighted by Crippen LogP contribution is -2.52. The van der Waals surface area contributed by atoms with Crippen LogP contribution >= 0.6 is 11.5 Å². The highest BCUT2D eigenvalue weighted by Crippen LogP contribution is 2.35. The van der Waals surface area contributed by atoms with Gasteiger partial charge in [0.05, 0.1) is 11.3 Å². The van der Waals surface area contributed by atoms with Gasteiger partial charge in [-0.3, -0.25) is 4.79 Å². The number of piperidine rings is 2. The molecule has 0 aromatic carbocycles. The van der Waals surface area contributed by atoms with Gasteiger partial charge in [-0.15, -0.1) is 0 Å². The fraction of sp³-hybridized carbons (Fsp3) is 0.733. The highest BCUT2D eigenvalue weighted by molar-refractivity contribution is 7.10. The predicted octanol–water partition coefficient (Wildman–Crippen LogP) is 3.08. The van der Waals surface area contributed by atoms with E-state index in [0.717, 1.165) is 16.3 Å². The lowest BCUT2D eigenvalue weighted by atomic mass is 9.82. The maximum Gasteiger partial charge on any atom is 0.164 e. The molecular weight excluding hydrogens is 270 g/mol. The Bertz CT molecular complexity index is 499. The molecule has 1 N–H and O–H groups in total. The smallest absolute Gasteiger partial charge is 0.164 e. The molecule has 0 saturated carbocycles. The monoisotopic (exact) mass is 293 g/mol. The van der Waals surface area contributed by atoms with E-state index in [1.165, 1.54) is 43.6 Å². The fourth-order valence-electron chi connectivity index (χ4n) is 3.80. The number of Topliss-reactive ketones (excluding diaryl/α,β-unsaturated/α-hetero) is 1. The standard InChI is InChI=1S/C15H23N3OS/c1-9-14(10(2)19)15(20-17-9)16-11-7-12-5-4-6-13(8-11)18(12)3/h11-13,16H,4-8H2,1-3H3. The molecule has 2 bridgehead atoms. The molecular formula is C15H23N3OS. The van der Waals surface area contributed by atoms with Crippen molar-refractivity contribution < 1.29 is 4.79 Å². The van der Waals surface area contributed by atoms with Crippen LogP contribution in [0.3, 0.4) is 0 Å². The first-order chi connectivity index (χ1) is 9.56. The summed E-state index contributed by atoms with van der Waals surface area (Å²) in [6, 6.07) is 1.89. The van der Waals surface area contributed by atoms with E-state index in [1.807, 2.05) is 6.92 Å². The summed E-state index contributed by atoms with van der Waals surface area (Å²) in [6.45, 7) is 3.55. The number of fused-ring (bicyclic) bond motifs is 2. The number of aromatic nitrogens is 1. The largest absolute Gasteiger partial charge is 0.372 e. The molecule has 0 aliphatic carbocycles. The number of hydrogen-bond donors (Lipinski definition) is 1. The van der Waals surface area contributed by atoms with E-state index in [0.29, 0.717) is 18.1 Å². The molecule has 1 aromatic heterocycles. The van der Waals surface area contributed by atoms with Gasteiger partial charge in [-0.25, -0.2) is 0 Å². The molecule has 110 valence electrons. The van der Waals surface area contributed by atoms with E-state index in [4.69, 9.17) is 0 Å². The Morgan fingerprint density at radius 3 is 2.60 bits per heavy atom. The van der Waals surface area contributed by atoms with Crippen LogP contribution in [0.15, 0.2) is 0 Å². The van der Waals surface area contributed by atoms with Crippen molar-refractivity contribution in [1.82, 2.24) is 9.27 Å². The maximum atomic E-state index is 11.8. The van der Waals surface area contributed by atoms with E-state index in [9.17, 15) is 4.79 Å². The van der Waals surface area contributed by atoms with Crippen molar-refractivity contribution in [2.24, 2.45) is 0 Å². The third-order valence-corrected chi connectivity index (χ3v) is 5.76. The van der Waals surface area contributed by atoms with Crippen LogP contribution in [0.4, 0.5) is 5.00 Å². The molecule has 3 heterocycles. The van der Waals surface area contributed by atoms with Crippen LogP contribution in [0.25, 0.3) is 0 Å². The third-order valence-electron chi connectivity index (χ3n) is 4.89. The van der Waals surface area contributed by atoms with Gasteiger partial charge in [0.1, 0.15) is 5.00 Å². The van der Waals surface area contributed by atoms with Gasteiger partial charge in [-0.1, -0.05) is 6.42 Å². The van der Waals surface area contributed by atoms with Crippen LogP contribution in [-0.4, -0.2) is 40.2 Å². The van der Waals surface area contributed by atoms with Gasteiger partial charge >= 0.3 is 0 Å². The topological polar surface area (TPSA) is 45.2 Å². The maximum absolute atomic E-state index is 11.8. The number of rotatable bonds is 3. The first-order valence-corrected chi connectivity index (χ1v) is 8.29. The van der Waals surface area contributed by atoms with Crippen LogP contribution < -0.4 is 5.32 Å². The molecule has 2 aliphatic heterocycles.